The summed E-state index contributed by atoms with van der Waals surface area (Å²) in [5, 5.41) is 8.29. The number of aromatic nitrogens is 2. The molecule has 0 unspecified atom stereocenters. The maximum atomic E-state index is 13.6. The number of hydrogen-bond donors (Lipinski definition) is 3. The normalized spacial score (nSPS) is 16.2. The van der Waals surface area contributed by atoms with Crippen LogP contribution in [0.25, 0.3) is 0 Å². The summed E-state index contributed by atoms with van der Waals surface area (Å²) in [6, 6.07) is 4.68. The second-order valence-electron chi connectivity index (χ2n) is 7.77. The van der Waals surface area contributed by atoms with Gasteiger partial charge in [-0.3, -0.25) is 9.59 Å². The summed E-state index contributed by atoms with van der Waals surface area (Å²) in [6.07, 6.45) is -1.44. The van der Waals surface area contributed by atoms with Crippen molar-refractivity contribution in [1.82, 2.24) is 14.9 Å². The van der Waals surface area contributed by atoms with Crippen LogP contribution in [0, 0.1) is 6.92 Å². The van der Waals surface area contributed by atoms with Crippen molar-refractivity contribution in [3.63, 3.8) is 0 Å². The van der Waals surface area contributed by atoms with Crippen LogP contribution in [0.2, 0.25) is 0 Å². The predicted octanol–water partition coefficient (Wildman–Crippen LogP) is 4.09. The molecule has 33 heavy (non-hydrogen) atoms. The number of hydrogen-bond acceptors (Lipinski definition) is 6. The molecule has 2 aromatic rings. The molecule has 1 aromatic carbocycles. The maximum Gasteiger partial charge on any atom is 0.421 e. The van der Waals surface area contributed by atoms with Gasteiger partial charge in [0.05, 0.1) is 11.4 Å². The molecule has 1 aromatic heterocycles. The molecular formula is C22H25F3N6O2. The lowest BCUT2D eigenvalue weighted by molar-refractivity contribution is -0.137. The largest absolute Gasteiger partial charge is 0.421 e. The van der Waals surface area contributed by atoms with Crippen molar-refractivity contribution >= 4 is 35.0 Å². The van der Waals surface area contributed by atoms with Gasteiger partial charge in [0.25, 0.3) is 0 Å². The van der Waals surface area contributed by atoms with Crippen LogP contribution in [0.5, 0.6) is 0 Å². The number of nitrogens with one attached hydrogen (secondary N) is 3. The van der Waals surface area contributed by atoms with Crippen molar-refractivity contribution in [3.05, 3.63) is 48.2 Å². The molecule has 0 aliphatic carbocycles. The Balaban J connectivity index is 1.91. The zero-order chi connectivity index (χ0) is 24.2. The fourth-order valence-electron chi connectivity index (χ4n) is 3.50. The third-order valence-corrected chi connectivity index (χ3v) is 5.17. The number of anilines is 4. The molecular weight excluding hydrogens is 437 g/mol. The number of aryl methyl sites for hydroxylation is 1. The minimum Gasteiger partial charge on any atom is -0.350 e. The first kappa shape index (κ1) is 24.0. The highest BCUT2D eigenvalue weighted by Gasteiger charge is 2.36. The summed E-state index contributed by atoms with van der Waals surface area (Å²) < 4.78 is 40.9. The van der Waals surface area contributed by atoms with E-state index in [4.69, 9.17) is 0 Å². The molecule has 1 aliphatic rings. The summed E-state index contributed by atoms with van der Waals surface area (Å²) in [6.45, 7) is 7.71. The molecule has 1 saturated heterocycles. The Labute approximate surface area is 189 Å². The molecule has 1 aliphatic heterocycles. The van der Waals surface area contributed by atoms with Crippen LogP contribution in [0.4, 0.5) is 36.3 Å². The Bertz CT molecular complexity index is 1060. The summed E-state index contributed by atoms with van der Waals surface area (Å²) >= 11 is 0. The number of amides is 2. The SMILES string of the molecule is C=CC(=O)Nc1cc(C)ccc1Nc1nc(N[C@H]2CCCN(C(C)=O)C2)ncc1C(F)(F)F. The first-order valence-electron chi connectivity index (χ1n) is 10.3. The van der Waals surface area contributed by atoms with Gasteiger partial charge in [0.15, 0.2) is 0 Å². The summed E-state index contributed by atoms with van der Waals surface area (Å²) in [5.41, 5.74) is 0.258. The molecule has 0 radical (unpaired) electrons. The number of likely N-dealkylation sites (tertiary alicyclic amines) is 1. The molecule has 0 spiro atoms. The smallest absolute Gasteiger partial charge is 0.350 e. The topological polar surface area (TPSA) is 99.2 Å². The third kappa shape index (κ3) is 6.21. The van der Waals surface area contributed by atoms with E-state index in [0.717, 1.165) is 24.5 Å². The van der Waals surface area contributed by atoms with E-state index in [2.05, 4.69) is 32.5 Å². The van der Waals surface area contributed by atoms with Gasteiger partial charge >= 0.3 is 6.18 Å². The van der Waals surface area contributed by atoms with Crippen molar-refractivity contribution in [2.24, 2.45) is 0 Å². The second kappa shape index (κ2) is 9.88. The Morgan fingerprint density at radius 3 is 2.70 bits per heavy atom. The molecule has 1 fully saturated rings. The Morgan fingerprint density at radius 2 is 2.03 bits per heavy atom. The summed E-state index contributed by atoms with van der Waals surface area (Å²) in [4.78, 5) is 33.0. The molecule has 3 rings (SSSR count). The second-order valence-corrected chi connectivity index (χ2v) is 7.77. The maximum absolute atomic E-state index is 13.6. The van der Waals surface area contributed by atoms with E-state index in [1.54, 1.807) is 30.0 Å². The van der Waals surface area contributed by atoms with Gasteiger partial charge in [-0.2, -0.15) is 18.2 Å². The molecule has 2 heterocycles. The van der Waals surface area contributed by atoms with Gasteiger partial charge in [-0.15, -0.1) is 0 Å². The van der Waals surface area contributed by atoms with Crippen LogP contribution in [0.15, 0.2) is 37.1 Å². The van der Waals surface area contributed by atoms with Gasteiger partial charge < -0.3 is 20.9 Å². The monoisotopic (exact) mass is 462 g/mol. The number of alkyl halides is 3. The fraction of sp³-hybridized carbons (Fsp3) is 0.364. The number of carbonyl (C=O) groups excluding carboxylic acids is 2. The first-order chi connectivity index (χ1) is 15.6. The third-order valence-electron chi connectivity index (χ3n) is 5.17. The molecule has 8 nitrogen and oxygen atoms in total. The van der Waals surface area contributed by atoms with E-state index in [9.17, 15) is 22.8 Å². The zero-order valence-electron chi connectivity index (χ0n) is 18.3. The highest BCUT2D eigenvalue weighted by molar-refractivity contribution is 6.01. The van der Waals surface area contributed by atoms with Crippen molar-refractivity contribution in [2.45, 2.75) is 38.9 Å². The van der Waals surface area contributed by atoms with Crippen LogP contribution >= 0.6 is 0 Å². The van der Waals surface area contributed by atoms with E-state index < -0.39 is 23.5 Å². The number of nitrogens with zero attached hydrogens (tertiary/aromatic N) is 3. The summed E-state index contributed by atoms with van der Waals surface area (Å²) in [7, 11) is 0. The van der Waals surface area contributed by atoms with Crippen molar-refractivity contribution in [2.75, 3.05) is 29.0 Å². The fourth-order valence-corrected chi connectivity index (χ4v) is 3.50. The molecule has 3 N–H and O–H groups in total. The van der Waals surface area contributed by atoms with E-state index in [0.29, 0.717) is 19.3 Å². The number of piperidine rings is 1. The van der Waals surface area contributed by atoms with Crippen LogP contribution in [0.3, 0.4) is 0 Å². The quantitative estimate of drug-likeness (QED) is 0.559. The van der Waals surface area contributed by atoms with Crippen LogP contribution in [-0.2, 0) is 15.8 Å². The Hall–Kier alpha value is -3.63. The highest BCUT2D eigenvalue weighted by Crippen LogP contribution is 2.36. The van der Waals surface area contributed by atoms with Crippen molar-refractivity contribution < 1.29 is 22.8 Å². The minimum absolute atomic E-state index is 0.00434. The van der Waals surface area contributed by atoms with Gasteiger partial charge in [0.2, 0.25) is 17.8 Å². The van der Waals surface area contributed by atoms with Gasteiger partial charge in [-0.05, 0) is 43.5 Å². The van der Waals surface area contributed by atoms with E-state index in [1.165, 1.54) is 6.92 Å². The molecule has 1 atom stereocenters. The standard InChI is InChI=1S/C22H25F3N6O2/c1-4-19(33)28-18-10-13(2)7-8-17(18)29-20-16(22(23,24)25)11-26-21(30-20)27-15-6-5-9-31(12-15)14(3)32/h4,7-8,10-11,15H,1,5-6,9,12H2,2-3H3,(H,28,33)(H2,26,27,29,30)/t15-/m0/s1. The van der Waals surface area contributed by atoms with Crippen LogP contribution in [-0.4, -0.2) is 45.8 Å². The van der Waals surface area contributed by atoms with Gasteiger partial charge in [-0.1, -0.05) is 12.6 Å². The molecule has 0 saturated carbocycles. The number of benzene rings is 1. The van der Waals surface area contributed by atoms with E-state index in [-0.39, 0.29) is 29.3 Å². The number of rotatable bonds is 6. The Kier molecular flexibility index (Phi) is 7.19. The summed E-state index contributed by atoms with van der Waals surface area (Å²) in [5.74, 6) is -1.02. The van der Waals surface area contributed by atoms with Crippen molar-refractivity contribution in [3.8, 4) is 0 Å². The number of halogens is 3. The lowest BCUT2D eigenvalue weighted by Gasteiger charge is -2.32. The highest BCUT2D eigenvalue weighted by atomic mass is 19.4. The van der Waals surface area contributed by atoms with E-state index >= 15 is 0 Å². The zero-order valence-corrected chi connectivity index (χ0v) is 18.3. The Morgan fingerprint density at radius 1 is 1.27 bits per heavy atom. The number of carbonyl (C=O) groups is 2. The first-order valence-corrected chi connectivity index (χ1v) is 10.3. The predicted molar refractivity (Wildman–Crippen MR) is 119 cm³/mol. The molecule has 2 amide bonds. The van der Waals surface area contributed by atoms with Gasteiger partial charge in [0.1, 0.15) is 11.4 Å². The average molecular weight is 462 g/mol. The van der Waals surface area contributed by atoms with E-state index in [1.807, 2.05) is 0 Å². The minimum atomic E-state index is -4.70. The van der Waals surface area contributed by atoms with Crippen molar-refractivity contribution in [1.29, 1.82) is 0 Å². The van der Waals surface area contributed by atoms with Gasteiger partial charge in [0, 0.05) is 32.3 Å². The molecule has 176 valence electrons. The van der Waals surface area contributed by atoms with Gasteiger partial charge in [-0.25, -0.2) is 4.98 Å². The lowest BCUT2D eigenvalue weighted by atomic mass is 10.1. The molecule has 0 bridgehead atoms. The van der Waals surface area contributed by atoms with Crippen LogP contribution in [0.1, 0.15) is 30.9 Å². The average Bonchev–Trinajstić information content (AvgIpc) is 2.75. The van der Waals surface area contributed by atoms with Crippen LogP contribution < -0.4 is 16.0 Å². The lowest BCUT2D eigenvalue weighted by Crippen LogP contribution is -2.44. The molecule has 11 heteroatoms.